The second-order valence-electron chi connectivity index (χ2n) is 6.52. The number of rotatable bonds is 8. The highest BCUT2D eigenvalue weighted by atomic mass is 127. The van der Waals surface area contributed by atoms with E-state index in [-0.39, 0.29) is 30.6 Å². The minimum Gasteiger partial charge on any atom is -0.367 e. The molecule has 0 radical (unpaired) electrons. The van der Waals surface area contributed by atoms with Crippen LogP contribution >= 0.6 is 35.3 Å². The van der Waals surface area contributed by atoms with Gasteiger partial charge in [0, 0.05) is 19.0 Å². The van der Waals surface area contributed by atoms with Crippen molar-refractivity contribution in [2.24, 2.45) is 4.99 Å². The monoisotopic (exact) mass is 542 g/mol. The first-order chi connectivity index (χ1) is 13.3. The Hall–Kier alpha value is -1.40. The predicted octanol–water partition coefficient (Wildman–Crippen LogP) is 4.83. The van der Waals surface area contributed by atoms with Gasteiger partial charge in [-0.2, -0.15) is 13.2 Å². The van der Waals surface area contributed by atoms with E-state index in [1.807, 2.05) is 12.1 Å². The van der Waals surface area contributed by atoms with Crippen LogP contribution in [0, 0.1) is 0 Å². The third-order valence-electron chi connectivity index (χ3n) is 3.81. The summed E-state index contributed by atoms with van der Waals surface area (Å²) in [6, 6.07) is 7.21. The van der Waals surface area contributed by atoms with Crippen molar-refractivity contribution >= 4 is 41.3 Å². The Balaban J connectivity index is 0.00000420. The van der Waals surface area contributed by atoms with Crippen molar-refractivity contribution < 1.29 is 17.9 Å². The second kappa shape index (κ2) is 12.3. The summed E-state index contributed by atoms with van der Waals surface area (Å²) in [7, 11) is 1.69. The summed E-state index contributed by atoms with van der Waals surface area (Å²) in [5.74, 6) is 1.06. The van der Waals surface area contributed by atoms with E-state index in [0.29, 0.717) is 30.5 Å². The maximum atomic E-state index is 12.1. The van der Waals surface area contributed by atoms with Gasteiger partial charge >= 0.3 is 6.18 Å². The first-order valence-corrected chi connectivity index (χ1v) is 9.76. The molecule has 0 bridgehead atoms. The minimum atomic E-state index is -4.30. The lowest BCUT2D eigenvalue weighted by molar-refractivity contribution is -0.176. The number of nitrogens with zero attached hydrogens (tertiary/aromatic N) is 2. The average Bonchev–Trinajstić information content (AvgIpc) is 3.11. The molecule has 2 rings (SSSR count). The molecule has 0 aliphatic heterocycles. The number of hydrogen-bond donors (Lipinski definition) is 2. The lowest BCUT2D eigenvalue weighted by Gasteiger charge is -2.12. The number of thiazole rings is 1. The van der Waals surface area contributed by atoms with Crippen molar-refractivity contribution in [2.75, 3.05) is 13.7 Å². The average molecular weight is 542 g/mol. The molecule has 29 heavy (non-hydrogen) atoms. The first kappa shape index (κ1) is 25.6. The highest BCUT2D eigenvalue weighted by Gasteiger charge is 2.27. The molecule has 0 saturated carbocycles. The van der Waals surface area contributed by atoms with E-state index in [2.05, 4.69) is 44.6 Å². The van der Waals surface area contributed by atoms with Gasteiger partial charge in [-0.15, -0.1) is 35.3 Å². The van der Waals surface area contributed by atoms with Gasteiger partial charge in [0.15, 0.2) is 5.96 Å². The second-order valence-corrected chi connectivity index (χ2v) is 7.47. The van der Waals surface area contributed by atoms with Gasteiger partial charge in [0.05, 0.1) is 18.8 Å². The van der Waals surface area contributed by atoms with E-state index in [1.54, 1.807) is 30.5 Å². The smallest absolute Gasteiger partial charge is 0.367 e. The Labute approximate surface area is 190 Å². The molecule has 0 amide bonds. The minimum absolute atomic E-state index is 0. The lowest BCUT2D eigenvalue weighted by Crippen LogP contribution is -2.36. The van der Waals surface area contributed by atoms with Crippen LogP contribution in [0.15, 0.2) is 34.6 Å². The van der Waals surface area contributed by atoms with Crippen molar-refractivity contribution in [2.45, 2.75) is 45.6 Å². The van der Waals surface area contributed by atoms with Gasteiger partial charge in [-0.25, -0.2) is 4.98 Å². The van der Waals surface area contributed by atoms with Crippen LogP contribution in [0.1, 0.15) is 41.6 Å². The predicted molar refractivity (Wildman–Crippen MR) is 121 cm³/mol. The molecule has 1 aromatic heterocycles. The number of aliphatic imine (C=N–C) groups is 1. The van der Waals surface area contributed by atoms with Crippen molar-refractivity contribution in [1.29, 1.82) is 0 Å². The van der Waals surface area contributed by atoms with Gasteiger partial charge in [-0.3, -0.25) is 4.99 Å². The van der Waals surface area contributed by atoms with Gasteiger partial charge in [0.2, 0.25) is 0 Å². The van der Waals surface area contributed by atoms with E-state index >= 15 is 0 Å². The van der Waals surface area contributed by atoms with Gasteiger partial charge in [-0.05, 0) is 17.0 Å². The number of ether oxygens (including phenoxy) is 1. The molecule has 1 heterocycles. The topological polar surface area (TPSA) is 58.5 Å². The molecule has 10 heteroatoms. The number of aromatic nitrogens is 1. The van der Waals surface area contributed by atoms with Gasteiger partial charge in [0.25, 0.3) is 0 Å². The van der Waals surface area contributed by atoms with Crippen LogP contribution in [0.25, 0.3) is 0 Å². The highest BCUT2D eigenvalue weighted by molar-refractivity contribution is 14.0. The van der Waals surface area contributed by atoms with Gasteiger partial charge < -0.3 is 15.4 Å². The summed E-state index contributed by atoms with van der Waals surface area (Å²) >= 11 is 1.62. The summed E-state index contributed by atoms with van der Waals surface area (Å²) in [6.45, 7) is 4.05. The summed E-state index contributed by atoms with van der Waals surface area (Å²) in [4.78, 5) is 8.76. The summed E-state index contributed by atoms with van der Waals surface area (Å²) in [6.07, 6.45) is -4.30. The number of guanidine groups is 1. The molecule has 0 fully saturated rings. The number of hydrogen-bond acceptors (Lipinski definition) is 4. The van der Waals surface area contributed by atoms with Crippen LogP contribution < -0.4 is 10.6 Å². The van der Waals surface area contributed by atoms with E-state index in [9.17, 15) is 13.2 Å². The van der Waals surface area contributed by atoms with Crippen LogP contribution in [0.4, 0.5) is 13.2 Å². The van der Waals surface area contributed by atoms with Crippen molar-refractivity contribution in [3.63, 3.8) is 0 Å². The van der Waals surface area contributed by atoms with Gasteiger partial charge in [0.1, 0.15) is 11.6 Å². The van der Waals surface area contributed by atoms with Crippen molar-refractivity contribution in [3.05, 3.63) is 51.5 Å². The maximum absolute atomic E-state index is 12.1. The molecule has 0 saturated heterocycles. The zero-order valence-corrected chi connectivity index (χ0v) is 19.7. The number of benzene rings is 1. The van der Waals surface area contributed by atoms with Crippen molar-refractivity contribution in [1.82, 2.24) is 15.6 Å². The fraction of sp³-hybridized carbons (Fsp3) is 0.474. The van der Waals surface area contributed by atoms with E-state index in [0.717, 1.165) is 16.3 Å². The van der Waals surface area contributed by atoms with E-state index in [4.69, 9.17) is 0 Å². The van der Waals surface area contributed by atoms with Crippen LogP contribution in [-0.4, -0.2) is 30.8 Å². The largest absolute Gasteiger partial charge is 0.411 e. The summed E-state index contributed by atoms with van der Waals surface area (Å²) in [5.41, 5.74) is 2.77. The Kier molecular flexibility index (Phi) is 10.9. The molecule has 0 aliphatic carbocycles. The Morgan fingerprint density at radius 3 is 2.31 bits per heavy atom. The number of alkyl halides is 3. The SMILES string of the molecule is CN=C(NCc1ccc(COCC(F)(F)F)cc1)NCc1nc(C(C)C)cs1.I. The highest BCUT2D eigenvalue weighted by Crippen LogP contribution is 2.17. The molecule has 0 atom stereocenters. The maximum Gasteiger partial charge on any atom is 0.411 e. The Morgan fingerprint density at radius 2 is 1.76 bits per heavy atom. The van der Waals surface area contributed by atoms with Crippen LogP contribution in [0.3, 0.4) is 0 Å². The molecule has 0 unspecified atom stereocenters. The molecule has 5 nitrogen and oxygen atoms in total. The molecule has 0 aliphatic rings. The third-order valence-corrected chi connectivity index (χ3v) is 4.68. The zero-order chi connectivity index (χ0) is 20.6. The fourth-order valence-corrected chi connectivity index (χ4v) is 3.17. The fourth-order valence-electron chi connectivity index (χ4n) is 2.28. The number of halogens is 4. The quantitative estimate of drug-likeness (QED) is 0.285. The zero-order valence-electron chi connectivity index (χ0n) is 16.5. The molecule has 2 N–H and O–H groups in total. The lowest BCUT2D eigenvalue weighted by atomic mass is 10.1. The van der Waals surface area contributed by atoms with Crippen LogP contribution in [0.2, 0.25) is 0 Å². The van der Waals surface area contributed by atoms with Gasteiger partial charge in [-0.1, -0.05) is 38.1 Å². The molecule has 2 aromatic rings. The Bertz CT molecular complexity index is 764. The number of nitrogens with one attached hydrogen (secondary N) is 2. The normalized spacial score (nSPS) is 12.0. The Morgan fingerprint density at radius 1 is 1.14 bits per heavy atom. The van der Waals surface area contributed by atoms with Crippen LogP contribution in [0.5, 0.6) is 0 Å². The molecule has 0 spiro atoms. The molecular formula is C19H26F3IN4OS. The van der Waals surface area contributed by atoms with Crippen LogP contribution in [-0.2, 0) is 24.4 Å². The molecular weight excluding hydrogens is 516 g/mol. The van der Waals surface area contributed by atoms with E-state index in [1.165, 1.54) is 0 Å². The summed E-state index contributed by atoms with van der Waals surface area (Å²) in [5, 5.41) is 9.49. The van der Waals surface area contributed by atoms with Crippen molar-refractivity contribution in [3.8, 4) is 0 Å². The van der Waals surface area contributed by atoms with E-state index < -0.39 is 12.8 Å². The summed E-state index contributed by atoms with van der Waals surface area (Å²) < 4.78 is 40.9. The third kappa shape index (κ3) is 9.77. The standard InChI is InChI=1S/C19H25F3N4OS.HI/c1-13(2)16-11-28-17(26-16)9-25-18(23-3)24-8-14-4-6-15(7-5-14)10-27-12-19(20,21)22;/h4-7,11,13H,8-10,12H2,1-3H3,(H2,23,24,25);1H. The first-order valence-electron chi connectivity index (χ1n) is 8.88. The molecule has 1 aromatic carbocycles. The molecule has 162 valence electrons.